The summed E-state index contributed by atoms with van der Waals surface area (Å²) in [5.74, 6) is 0. The van der Waals surface area contributed by atoms with E-state index in [1.54, 1.807) is 0 Å². The van der Waals surface area contributed by atoms with Crippen LogP contribution in [-0.2, 0) is 6.54 Å². The zero-order valence-electron chi connectivity index (χ0n) is 12.5. The molecule has 2 fully saturated rings. The molecule has 2 heterocycles. The van der Waals surface area contributed by atoms with E-state index in [-0.39, 0.29) is 5.54 Å². The molecule has 0 aromatic carbocycles. The number of hydrogen-bond acceptors (Lipinski definition) is 3. The van der Waals surface area contributed by atoms with Crippen LogP contribution in [0.25, 0.3) is 0 Å². The van der Waals surface area contributed by atoms with Crippen molar-refractivity contribution in [2.75, 3.05) is 13.1 Å². The lowest BCUT2D eigenvalue weighted by Gasteiger charge is -2.53. The molecule has 0 unspecified atom stereocenters. The molecule has 112 valence electrons. The Morgan fingerprint density at radius 2 is 2.05 bits per heavy atom. The number of nitrogens with zero attached hydrogens (tertiary/aromatic N) is 1. The molecule has 1 saturated heterocycles. The molecule has 1 aliphatic carbocycles. The summed E-state index contributed by atoms with van der Waals surface area (Å²) in [6, 6.07) is 2.17. The second kappa shape index (κ2) is 5.71. The summed E-state index contributed by atoms with van der Waals surface area (Å²) in [5, 5.41) is 6.08. The van der Waals surface area contributed by atoms with Gasteiger partial charge in [0.2, 0.25) is 0 Å². The van der Waals surface area contributed by atoms with Crippen molar-refractivity contribution >= 4 is 27.3 Å². The predicted octanol–water partition coefficient (Wildman–Crippen LogP) is 4.40. The first kappa shape index (κ1) is 15.0. The number of hydrogen-bond donors (Lipinski definition) is 1. The smallest absolute Gasteiger partial charge is 0.0345 e. The number of rotatable bonds is 2. The molecule has 0 radical (unpaired) electrons. The van der Waals surface area contributed by atoms with Crippen LogP contribution >= 0.6 is 27.3 Å². The molecule has 1 aliphatic heterocycles. The molecule has 1 aromatic rings. The summed E-state index contributed by atoms with van der Waals surface area (Å²) in [6.07, 6.45) is 6.91. The number of piperazine rings is 1. The lowest BCUT2D eigenvalue weighted by Crippen LogP contribution is -2.68. The van der Waals surface area contributed by atoms with Crippen LogP contribution in [0.4, 0.5) is 0 Å². The van der Waals surface area contributed by atoms with Gasteiger partial charge in [0.25, 0.3) is 0 Å². The van der Waals surface area contributed by atoms with Crippen molar-refractivity contribution in [1.82, 2.24) is 10.2 Å². The van der Waals surface area contributed by atoms with Gasteiger partial charge in [-0.2, -0.15) is 0 Å². The first-order chi connectivity index (χ1) is 9.51. The first-order valence-corrected chi connectivity index (χ1v) is 9.40. The van der Waals surface area contributed by atoms with E-state index >= 15 is 0 Å². The molecule has 0 amide bonds. The van der Waals surface area contributed by atoms with Crippen LogP contribution in [0.2, 0.25) is 0 Å². The van der Waals surface area contributed by atoms with Crippen LogP contribution in [-0.4, -0.2) is 29.1 Å². The summed E-state index contributed by atoms with van der Waals surface area (Å²) in [5.41, 5.74) is 0.629. The summed E-state index contributed by atoms with van der Waals surface area (Å²) < 4.78 is 1.27. The second-order valence-corrected chi connectivity index (χ2v) is 8.91. The second-order valence-electron chi connectivity index (χ2n) is 7.05. The Labute approximate surface area is 135 Å². The molecule has 1 saturated carbocycles. The van der Waals surface area contributed by atoms with E-state index in [2.05, 4.69) is 51.4 Å². The lowest BCUT2D eigenvalue weighted by molar-refractivity contribution is 0.00541. The average molecular weight is 357 g/mol. The summed E-state index contributed by atoms with van der Waals surface area (Å²) in [7, 11) is 0. The summed E-state index contributed by atoms with van der Waals surface area (Å²) in [6.45, 7) is 8.13. The normalized spacial score (nSPS) is 25.9. The average Bonchev–Trinajstić information content (AvgIpc) is 2.82. The van der Waals surface area contributed by atoms with E-state index in [9.17, 15) is 0 Å². The maximum atomic E-state index is 3.90. The Morgan fingerprint density at radius 3 is 2.70 bits per heavy atom. The zero-order valence-corrected chi connectivity index (χ0v) is 14.9. The van der Waals surface area contributed by atoms with Crippen molar-refractivity contribution in [3.63, 3.8) is 0 Å². The Kier molecular flexibility index (Phi) is 4.29. The van der Waals surface area contributed by atoms with Gasteiger partial charge in [-0.25, -0.2) is 0 Å². The molecule has 2 nitrogen and oxygen atoms in total. The largest absolute Gasteiger partial charge is 0.308 e. The van der Waals surface area contributed by atoms with Crippen LogP contribution in [0.3, 0.4) is 0 Å². The SMILES string of the molecule is CC1(C)CNC2(CCCCC2)CN1Cc1sccc1Br. The minimum Gasteiger partial charge on any atom is -0.308 e. The van der Waals surface area contributed by atoms with Gasteiger partial charge in [-0.1, -0.05) is 19.3 Å². The van der Waals surface area contributed by atoms with Gasteiger partial charge in [-0.05, 0) is 54.1 Å². The maximum Gasteiger partial charge on any atom is 0.0345 e. The van der Waals surface area contributed by atoms with Gasteiger partial charge in [-0.15, -0.1) is 11.3 Å². The lowest BCUT2D eigenvalue weighted by atomic mass is 9.77. The molecule has 20 heavy (non-hydrogen) atoms. The fraction of sp³-hybridized carbons (Fsp3) is 0.750. The van der Waals surface area contributed by atoms with Crippen LogP contribution in [0.5, 0.6) is 0 Å². The van der Waals surface area contributed by atoms with Crippen molar-refractivity contribution in [2.45, 2.75) is 63.6 Å². The highest BCUT2D eigenvalue weighted by Gasteiger charge is 2.43. The molecule has 1 spiro atoms. The molecule has 3 rings (SSSR count). The van der Waals surface area contributed by atoms with Gasteiger partial charge in [0.05, 0.1) is 0 Å². The van der Waals surface area contributed by atoms with Crippen LogP contribution < -0.4 is 5.32 Å². The highest BCUT2D eigenvalue weighted by molar-refractivity contribution is 9.10. The fourth-order valence-electron chi connectivity index (χ4n) is 3.60. The molecular formula is C16H25BrN2S. The summed E-state index contributed by atoms with van der Waals surface area (Å²) in [4.78, 5) is 4.16. The van der Waals surface area contributed by atoms with Gasteiger partial charge >= 0.3 is 0 Å². The zero-order chi connectivity index (χ0) is 14.2. The summed E-state index contributed by atoms with van der Waals surface area (Å²) >= 11 is 5.56. The number of nitrogens with one attached hydrogen (secondary N) is 1. The van der Waals surface area contributed by atoms with E-state index in [0.717, 1.165) is 13.1 Å². The molecule has 4 heteroatoms. The quantitative estimate of drug-likeness (QED) is 0.844. The third kappa shape index (κ3) is 2.99. The van der Waals surface area contributed by atoms with Gasteiger partial charge in [0.1, 0.15) is 0 Å². The van der Waals surface area contributed by atoms with Crippen molar-refractivity contribution in [3.8, 4) is 0 Å². The molecule has 1 N–H and O–H groups in total. The minimum atomic E-state index is 0.242. The highest BCUT2D eigenvalue weighted by Crippen LogP contribution is 2.36. The van der Waals surface area contributed by atoms with Crippen LogP contribution in [0.1, 0.15) is 50.8 Å². The Bertz CT molecular complexity index is 463. The van der Waals surface area contributed by atoms with E-state index in [4.69, 9.17) is 0 Å². The number of halogens is 1. The number of thiophene rings is 1. The predicted molar refractivity (Wildman–Crippen MR) is 90.3 cm³/mol. The van der Waals surface area contributed by atoms with E-state index in [1.807, 2.05) is 11.3 Å². The van der Waals surface area contributed by atoms with E-state index < -0.39 is 0 Å². The van der Waals surface area contributed by atoms with Crippen molar-refractivity contribution < 1.29 is 0 Å². The Hall–Kier alpha value is 0.100. The molecular weight excluding hydrogens is 332 g/mol. The van der Waals surface area contributed by atoms with Crippen molar-refractivity contribution in [1.29, 1.82) is 0 Å². The Morgan fingerprint density at radius 1 is 1.30 bits per heavy atom. The Balaban J connectivity index is 1.77. The van der Waals surface area contributed by atoms with Gasteiger partial charge in [0, 0.05) is 40.1 Å². The molecule has 0 bridgehead atoms. The van der Waals surface area contributed by atoms with E-state index in [0.29, 0.717) is 5.54 Å². The monoisotopic (exact) mass is 356 g/mol. The molecule has 1 aromatic heterocycles. The standard InChI is InChI=1S/C16H25BrN2S/c1-15(2)11-18-16(7-4-3-5-8-16)12-19(15)10-14-13(17)6-9-20-14/h6,9,18H,3-5,7-8,10-12H2,1-2H3. The maximum absolute atomic E-state index is 3.90. The minimum absolute atomic E-state index is 0.242. The molecule has 2 aliphatic rings. The van der Waals surface area contributed by atoms with Gasteiger partial charge in [-0.3, -0.25) is 4.90 Å². The van der Waals surface area contributed by atoms with Crippen molar-refractivity contribution in [3.05, 3.63) is 20.8 Å². The van der Waals surface area contributed by atoms with Gasteiger partial charge < -0.3 is 5.32 Å². The van der Waals surface area contributed by atoms with E-state index in [1.165, 1.54) is 48.0 Å². The van der Waals surface area contributed by atoms with Crippen LogP contribution in [0, 0.1) is 0 Å². The molecule has 0 atom stereocenters. The topological polar surface area (TPSA) is 15.3 Å². The third-order valence-corrected chi connectivity index (χ3v) is 6.99. The first-order valence-electron chi connectivity index (χ1n) is 7.73. The van der Waals surface area contributed by atoms with Crippen LogP contribution in [0.15, 0.2) is 15.9 Å². The van der Waals surface area contributed by atoms with Crippen molar-refractivity contribution in [2.24, 2.45) is 0 Å². The fourth-order valence-corrected chi connectivity index (χ4v) is 5.09. The third-order valence-electron chi connectivity index (χ3n) is 5.08. The highest BCUT2D eigenvalue weighted by atomic mass is 79.9. The van der Waals surface area contributed by atoms with Gasteiger partial charge in [0.15, 0.2) is 0 Å².